The highest BCUT2D eigenvalue weighted by molar-refractivity contribution is 7.13. The monoisotopic (exact) mass is 412 g/mol. The van der Waals surface area contributed by atoms with Crippen LogP contribution in [0.5, 0.6) is 0 Å². The van der Waals surface area contributed by atoms with E-state index >= 15 is 0 Å². The maximum Gasteiger partial charge on any atom is 0.257 e. The van der Waals surface area contributed by atoms with E-state index in [9.17, 15) is 4.79 Å². The smallest absolute Gasteiger partial charge is 0.257 e. The second-order valence-corrected chi connectivity index (χ2v) is 8.34. The van der Waals surface area contributed by atoms with Crippen LogP contribution in [0.25, 0.3) is 10.8 Å². The summed E-state index contributed by atoms with van der Waals surface area (Å²) in [6, 6.07) is 11.6. The maximum absolute atomic E-state index is 12.8. The first-order chi connectivity index (χ1) is 14.0. The van der Waals surface area contributed by atoms with Gasteiger partial charge in [-0.3, -0.25) is 9.69 Å². The van der Waals surface area contributed by atoms with E-state index in [1.165, 1.54) is 5.56 Å². The fourth-order valence-electron chi connectivity index (χ4n) is 3.05. The lowest BCUT2D eigenvalue weighted by Gasteiger charge is -2.26. The zero-order valence-electron chi connectivity index (χ0n) is 17.4. The zero-order chi connectivity index (χ0) is 20.8. The summed E-state index contributed by atoms with van der Waals surface area (Å²) < 4.78 is 5.80. The first kappa shape index (κ1) is 21.2. The molecule has 0 fully saturated rings. The van der Waals surface area contributed by atoms with Crippen molar-refractivity contribution in [3.05, 3.63) is 53.2 Å². The van der Waals surface area contributed by atoms with Crippen LogP contribution in [-0.2, 0) is 11.3 Å². The van der Waals surface area contributed by atoms with Gasteiger partial charge < -0.3 is 9.73 Å². The summed E-state index contributed by atoms with van der Waals surface area (Å²) in [7, 11) is 0. The molecule has 2 aromatic heterocycles. The number of thiophene rings is 1. The lowest BCUT2D eigenvalue weighted by Crippen LogP contribution is -2.42. The van der Waals surface area contributed by atoms with Gasteiger partial charge in [0.15, 0.2) is 0 Å². The highest BCUT2D eigenvalue weighted by Crippen LogP contribution is 2.24. The summed E-state index contributed by atoms with van der Waals surface area (Å²) in [6.45, 7) is 9.50. The van der Waals surface area contributed by atoms with Gasteiger partial charge in [-0.25, -0.2) is 0 Å². The number of carbonyl (C=O) groups excluding carboxylic acids is 1. The van der Waals surface area contributed by atoms with Crippen molar-refractivity contribution in [1.29, 1.82) is 0 Å². The average Bonchev–Trinajstić information content (AvgIpc) is 3.39. The Morgan fingerprint density at radius 1 is 1.17 bits per heavy atom. The van der Waals surface area contributed by atoms with Crippen LogP contribution in [0.2, 0.25) is 0 Å². The standard InChI is InChI=1S/C22H28N4O2S/c1-5-12-26(14-20-24-25-22(28-20)19-7-6-13-29-19)16(4)21(27)23-18-10-8-17(9-11-18)15(2)3/h6-11,13,15-16H,5,12,14H2,1-4H3,(H,23,27)/t16-/m1/s1. The highest BCUT2D eigenvalue weighted by Gasteiger charge is 2.23. The first-order valence-electron chi connectivity index (χ1n) is 9.99. The van der Waals surface area contributed by atoms with Crippen LogP contribution in [0.15, 0.2) is 46.2 Å². The third-order valence-electron chi connectivity index (χ3n) is 4.82. The number of hydrogen-bond acceptors (Lipinski definition) is 6. The highest BCUT2D eigenvalue weighted by atomic mass is 32.1. The molecule has 0 aliphatic heterocycles. The average molecular weight is 413 g/mol. The van der Waals surface area contributed by atoms with Crippen molar-refractivity contribution in [1.82, 2.24) is 15.1 Å². The van der Waals surface area contributed by atoms with Crippen LogP contribution >= 0.6 is 11.3 Å². The van der Waals surface area contributed by atoms with Gasteiger partial charge in [-0.1, -0.05) is 39.0 Å². The van der Waals surface area contributed by atoms with Gasteiger partial charge in [0, 0.05) is 5.69 Å². The van der Waals surface area contributed by atoms with Crippen molar-refractivity contribution in [2.24, 2.45) is 0 Å². The van der Waals surface area contributed by atoms with E-state index in [4.69, 9.17) is 4.42 Å². The molecule has 1 atom stereocenters. The van der Waals surface area contributed by atoms with Crippen molar-refractivity contribution in [3.63, 3.8) is 0 Å². The molecule has 154 valence electrons. The van der Waals surface area contributed by atoms with Gasteiger partial charge in [-0.2, -0.15) is 0 Å². The van der Waals surface area contributed by atoms with Crippen molar-refractivity contribution in [2.75, 3.05) is 11.9 Å². The van der Waals surface area contributed by atoms with E-state index < -0.39 is 0 Å². The Hall–Kier alpha value is -2.51. The van der Waals surface area contributed by atoms with Gasteiger partial charge in [-0.15, -0.1) is 21.5 Å². The summed E-state index contributed by atoms with van der Waals surface area (Å²) in [4.78, 5) is 15.8. The quantitative estimate of drug-likeness (QED) is 0.525. The van der Waals surface area contributed by atoms with E-state index in [1.807, 2.05) is 36.6 Å². The number of hydrogen-bond donors (Lipinski definition) is 1. The lowest BCUT2D eigenvalue weighted by molar-refractivity contribution is -0.121. The van der Waals surface area contributed by atoms with Crippen LogP contribution in [0, 0.1) is 0 Å². The molecule has 0 saturated heterocycles. The van der Waals surface area contributed by atoms with Crippen molar-refractivity contribution >= 4 is 22.9 Å². The Balaban J connectivity index is 1.65. The first-order valence-corrected chi connectivity index (χ1v) is 10.9. The third-order valence-corrected chi connectivity index (χ3v) is 5.68. The van der Waals surface area contributed by atoms with Gasteiger partial charge in [-0.05, 0) is 54.9 Å². The Morgan fingerprint density at radius 2 is 1.93 bits per heavy atom. The number of nitrogens with zero attached hydrogens (tertiary/aromatic N) is 3. The molecule has 3 rings (SSSR count). The van der Waals surface area contributed by atoms with Crippen molar-refractivity contribution in [3.8, 4) is 10.8 Å². The fourth-order valence-corrected chi connectivity index (χ4v) is 3.70. The number of amides is 1. The second kappa shape index (κ2) is 9.80. The minimum absolute atomic E-state index is 0.0475. The number of rotatable bonds is 9. The summed E-state index contributed by atoms with van der Waals surface area (Å²) in [5, 5.41) is 13.3. The van der Waals surface area contributed by atoms with Crippen LogP contribution in [0.1, 0.15) is 51.5 Å². The molecule has 2 heterocycles. The molecule has 29 heavy (non-hydrogen) atoms. The molecule has 1 amide bonds. The molecule has 0 saturated carbocycles. The number of carbonyl (C=O) groups is 1. The van der Waals surface area contributed by atoms with Crippen LogP contribution in [0.4, 0.5) is 5.69 Å². The molecule has 1 aromatic carbocycles. The molecule has 0 aliphatic rings. The zero-order valence-corrected chi connectivity index (χ0v) is 18.2. The fraction of sp³-hybridized carbons (Fsp3) is 0.409. The van der Waals surface area contributed by atoms with E-state index in [-0.39, 0.29) is 11.9 Å². The molecular weight excluding hydrogens is 384 g/mol. The number of benzene rings is 1. The lowest BCUT2D eigenvalue weighted by atomic mass is 10.0. The third kappa shape index (κ3) is 5.52. The molecule has 7 heteroatoms. The van der Waals surface area contributed by atoms with E-state index in [2.05, 4.69) is 53.3 Å². The normalized spacial score (nSPS) is 12.5. The second-order valence-electron chi connectivity index (χ2n) is 7.39. The molecule has 3 aromatic rings. The number of aromatic nitrogens is 2. The van der Waals surface area contributed by atoms with Gasteiger partial charge >= 0.3 is 0 Å². The maximum atomic E-state index is 12.8. The Kier molecular flexibility index (Phi) is 7.17. The summed E-state index contributed by atoms with van der Waals surface area (Å²) in [6.07, 6.45) is 0.923. The molecule has 0 aliphatic carbocycles. The largest absolute Gasteiger partial charge is 0.419 e. The van der Waals surface area contributed by atoms with E-state index in [0.29, 0.717) is 24.2 Å². The Bertz CT molecular complexity index is 903. The SMILES string of the molecule is CCCN(Cc1nnc(-c2cccs2)o1)[C@H](C)C(=O)Nc1ccc(C(C)C)cc1. The predicted octanol–water partition coefficient (Wildman–Crippen LogP) is 5.16. The molecule has 0 bridgehead atoms. The number of nitrogens with one attached hydrogen (secondary N) is 1. The van der Waals surface area contributed by atoms with Crippen molar-refractivity contribution in [2.45, 2.75) is 52.6 Å². The van der Waals surface area contributed by atoms with Crippen LogP contribution in [-0.4, -0.2) is 33.6 Å². The molecule has 0 unspecified atom stereocenters. The Morgan fingerprint density at radius 3 is 2.55 bits per heavy atom. The molecule has 6 nitrogen and oxygen atoms in total. The van der Waals surface area contributed by atoms with Gasteiger partial charge in [0.25, 0.3) is 5.89 Å². The summed E-state index contributed by atoms with van der Waals surface area (Å²) in [5.74, 6) is 1.46. The Labute approximate surface area is 176 Å². The summed E-state index contributed by atoms with van der Waals surface area (Å²) in [5.41, 5.74) is 2.06. The minimum atomic E-state index is -0.322. The topological polar surface area (TPSA) is 71.3 Å². The van der Waals surface area contributed by atoms with Gasteiger partial charge in [0.2, 0.25) is 11.8 Å². The van der Waals surface area contributed by atoms with E-state index in [0.717, 1.165) is 23.5 Å². The molecular formula is C22H28N4O2S. The predicted molar refractivity (Wildman–Crippen MR) is 117 cm³/mol. The molecule has 0 radical (unpaired) electrons. The minimum Gasteiger partial charge on any atom is -0.419 e. The van der Waals surface area contributed by atoms with E-state index in [1.54, 1.807) is 11.3 Å². The van der Waals surface area contributed by atoms with Crippen LogP contribution in [0.3, 0.4) is 0 Å². The molecule has 1 N–H and O–H groups in total. The summed E-state index contributed by atoms with van der Waals surface area (Å²) >= 11 is 1.56. The van der Waals surface area contributed by atoms with Crippen molar-refractivity contribution < 1.29 is 9.21 Å². The van der Waals surface area contributed by atoms with Gasteiger partial charge in [0.1, 0.15) is 0 Å². The number of anilines is 1. The van der Waals surface area contributed by atoms with Gasteiger partial charge in [0.05, 0.1) is 17.5 Å². The van der Waals surface area contributed by atoms with Crippen LogP contribution < -0.4 is 5.32 Å². The molecule has 0 spiro atoms.